The summed E-state index contributed by atoms with van der Waals surface area (Å²) in [7, 11) is 0. The molecule has 0 aliphatic rings. The van der Waals surface area contributed by atoms with Gasteiger partial charge in [-0.2, -0.15) is 0 Å². The molecule has 4 aromatic rings. The highest BCUT2D eigenvalue weighted by molar-refractivity contribution is 6.11. The van der Waals surface area contributed by atoms with Gasteiger partial charge in [-0.25, -0.2) is 4.98 Å². The largest absolute Gasteiger partial charge is 0.397 e. The summed E-state index contributed by atoms with van der Waals surface area (Å²) in [6, 6.07) is 22.1. The number of aromatic nitrogens is 1. The molecular weight excluding hydrogens is 270 g/mol. The van der Waals surface area contributed by atoms with Crippen LogP contribution < -0.4 is 11.5 Å². The highest BCUT2D eigenvalue weighted by Gasteiger charge is 2.12. The average molecular weight is 285 g/mol. The zero-order valence-electron chi connectivity index (χ0n) is 12.0. The number of benzene rings is 3. The molecule has 22 heavy (non-hydrogen) atoms. The fraction of sp³-hybridized carbons (Fsp3) is 0. The Labute approximate surface area is 128 Å². The van der Waals surface area contributed by atoms with Crippen molar-refractivity contribution in [3.8, 4) is 11.3 Å². The molecule has 0 fully saturated rings. The number of fused-ring (bicyclic) bond motifs is 3. The molecule has 1 aromatic heterocycles. The van der Waals surface area contributed by atoms with Gasteiger partial charge in [-0.15, -0.1) is 0 Å². The molecule has 0 amide bonds. The second-order valence-electron chi connectivity index (χ2n) is 5.33. The number of hydrogen-bond acceptors (Lipinski definition) is 3. The Hall–Kier alpha value is -3.07. The van der Waals surface area contributed by atoms with Crippen LogP contribution in [0.4, 0.5) is 11.4 Å². The van der Waals surface area contributed by atoms with E-state index >= 15 is 0 Å². The average Bonchev–Trinajstić information content (AvgIpc) is 2.57. The third-order valence-corrected chi connectivity index (χ3v) is 4.00. The maximum Gasteiger partial charge on any atom is 0.0809 e. The van der Waals surface area contributed by atoms with Crippen molar-refractivity contribution in [2.45, 2.75) is 0 Å². The fourth-order valence-corrected chi connectivity index (χ4v) is 2.90. The lowest BCUT2D eigenvalue weighted by molar-refractivity contribution is 1.43. The number of para-hydroxylation sites is 2. The predicted octanol–water partition coefficient (Wildman–Crippen LogP) is 4.22. The van der Waals surface area contributed by atoms with Crippen LogP contribution >= 0.6 is 0 Å². The molecule has 4 rings (SSSR count). The molecule has 0 bridgehead atoms. The number of pyridine rings is 1. The number of rotatable bonds is 1. The number of nitrogens with zero attached hydrogens (tertiary/aromatic N) is 1. The van der Waals surface area contributed by atoms with Gasteiger partial charge in [0.05, 0.1) is 22.6 Å². The van der Waals surface area contributed by atoms with E-state index in [-0.39, 0.29) is 0 Å². The molecule has 0 radical (unpaired) electrons. The number of nitrogen functional groups attached to an aromatic ring is 2. The van der Waals surface area contributed by atoms with Crippen molar-refractivity contribution in [3.63, 3.8) is 0 Å². The van der Waals surface area contributed by atoms with Crippen molar-refractivity contribution in [1.29, 1.82) is 0 Å². The van der Waals surface area contributed by atoms with Gasteiger partial charge in [-0.3, -0.25) is 0 Å². The minimum atomic E-state index is 0.579. The van der Waals surface area contributed by atoms with E-state index in [1.807, 2.05) is 48.5 Å². The minimum absolute atomic E-state index is 0.579. The fourth-order valence-electron chi connectivity index (χ4n) is 2.90. The number of hydrogen-bond donors (Lipinski definition) is 2. The molecule has 3 nitrogen and oxygen atoms in total. The van der Waals surface area contributed by atoms with Gasteiger partial charge in [0.25, 0.3) is 0 Å². The van der Waals surface area contributed by atoms with Crippen LogP contribution in [-0.2, 0) is 0 Å². The Bertz CT molecular complexity index is 1010. The number of nitrogens with two attached hydrogens (primary N) is 2. The van der Waals surface area contributed by atoms with Crippen LogP contribution in [0.2, 0.25) is 0 Å². The molecule has 4 N–H and O–H groups in total. The molecule has 1 heterocycles. The molecule has 0 atom stereocenters. The Kier molecular flexibility index (Phi) is 2.73. The summed E-state index contributed by atoms with van der Waals surface area (Å²) in [6.45, 7) is 0. The zero-order chi connectivity index (χ0) is 15.1. The van der Waals surface area contributed by atoms with Crippen LogP contribution in [0, 0.1) is 0 Å². The molecule has 0 aliphatic carbocycles. The first-order valence-electron chi connectivity index (χ1n) is 7.17. The van der Waals surface area contributed by atoms with E-state index in [2.05, 4.69) is 18.2 Å². The zero-order valence-corrected chi connectivity index (χ0v) is 12.0. The molecule has 0 spiro atoms. The van der Waals surface area contributed by atoms with Crippen molar-refractivity contribution in [2.24, 2.45) is 0 Å². The summed E-state index contributed by atoms with van der Waals surface area (Å²) in [5.41, 5.74) is 16.0. The van der Waals surface area contributed by atoms with Crippen LogP contribution in [0.3, 0.4) is 0 Å². The van der Waals surface area contributed by atoms with Crippen molar-refractivity contribution in [3.05, 3.63) is 66.7 Å². The van der Waals surface area contributed by atoms with Crippen molar-refractivity contribution in [2.75, 3.05) is 11.5 Å². The van der Waals surface area contributed by atoms with E-state index in [9.17, 15) is 0 Å². The summed E-state index contributed by atoms with van der Waals surface area (Å²) in [5.74, 6) is 0. The third-order valence-electron chi connectivity index (χ3n) is 4.00. The summed E-state index contributed by atoms with van der Waals surface area (Å²) < 4.78 is 0. The van der Waals surface area contributed by atoms with Gasteiger partial charge in [0, 0.05) is 16.3 Å². The minimum Gasteiger partial charge on any atom is -0.397 e. The lowest BCUT2D eigenvalue weighted by Crippen LogP contribution is -1.98. The molecular formula is C19H15N3. The molecule has 0 saturated carbocycles. The quantitative estimate of drug-likeness (QED) is 0.406. The summed E-state index contributed by atoms with van der Waals surface area (Å²) >= 11 is 0. The lowest BCUT2D eigenvalue weighted by atomic mass is 9.99. The van der Waals surface area contributed by atoms with Crippen LogP contribution in [0.5, 0.6) is 0 Å². The first-order chi connectivity index (χ1) is 10.8. The van der Waals surface area contributed by atoms with Crippen LogP contribution in [0.1, 0.15) is 0 Å². The maximum absolute atomic E-state index is 6.18. The summed E-state index contributed by atoms with van der Waals surface area (Å²) in [5, 5.41) is 3.40. The van der Waals surface area contributed by atoms with Gasteiger partial charge < -0.3 is 11.5 Å². The van der Waals surface area contributed by atoms with E-state index in [0.29, 0.717) is 11.4 Å². The van der Waals surface area contributed by atoms with Gasteiger partial charge in [0.2, 0.25) is 0 Å². The van der Waals surface area contributed by atoms with Crippen molar-refractivity contribution in [1.82, 2.24) is 4.98 Å². The van der Waals surface area contributed by atoms with Crippen molar-refractivity contribution < 1.29 is 0 Å². The number of anilines is 2. The maximum atomic E-state index is 6.18. The van der Waals surface area contributed by atoms with Gasteiger partial charge in [-0.1, -0.05) is 54.6 Å². The Morgan fingerprint density at radius 2 is 1.32 bits per heavy atom. The normalized spacial score (nSPS) is 11.1. The highest BCUT2D eigenvalue weighted by Crippen LogP contribution is 2.36. The lowest BCUT2D eigenvalue weighted by Gasteiger charge is -2.12. The second kappa shape index (κ2) is 4.74. The predicted molar refractivity (Wildman–Crippen MR) is 93.5 cm³/mol. The Morgan fingerprint density at radius 3 is 2.14 bits per heavy atom. The Balaban J connectivity index is 2.19. The standard InChI is InChI=1S/C19H15N3/c20-16-10-5-9-15(18(16)21)19-14-8-2-1-6-12(14)13-7-3-4-11-17(13)22-19/h1-11H,20-21H2. The first-order valence-corrected chi connectivity index (χ1v) is 7.17. The molecule has 0 saturated heterocycles. The second-order valence-corrected chi connectivity index (χ2v) is 5.33. The van der Waals surface area contributed by atoms with E-state index in [1.165, 1.54) is 5.39 Å². The third kappa shape index (κ3) is 1.79. The van der Waals surface area contributed by atoms with Crippen LogP contribution in [0.15, 0.2) is 66.7 Å². The monoisotopic (exact) mass is 285 g/mol. The van der Waals surface area contributed by atoms with E-state index in [4.69, 9.17) is 16.5 Å². The SMILES string of the molecule is Nc1cccc(-c2nc3ccccc3c3ccccc23)c1N. The van der Waals surface area contributed by atoms with Gasteiger partial charge in [0.15, 0.2) is 0 Å². The first kappa shape index (κ1) is 12.7. The molecule has 106 valence electrons. The van der Waals surface area contributed by atoms with Crippen LogP contribution in [-0.4, -0.2) is 4.98 Å². The van der Waals surface area contributed by atoms with E-state index in [0.717, 1.165) is 27.5 Å². The van der Waals surface area contributed by atoms with Crippen LogP contribution in [0.25, 0.3) is 32.9 Å². The van der Waals surface area contributed by atoms with Gasteiger partial charge in [-0.05, 0) is 17.5 Å². The smallest absolute Gasteiger partial charge is 0.0809 e. The molecule has 3 aromatic carbocycles. The summed E-state index contributed by atoms with van der Waals surface area (Å²) in [6.07, 6.45) is 0. The van der Waals surface area contributed by atoms with E-state index in [1.54, 1.807) is 0 Å². The molecule has 0 unspecified atom stereocenters. The topological polar surface area (TPSA) is 64.9 Å². The van der Waals surface area contributed by atoms with Crippen molar-refractivity contribution >= 4 is 33.1 Å². The van der Waals surface area contributed by atoms with E-state index < -0.39 is 0 Å². The van der Waals surface area contributed by atoms with Gasteiger partial charge in [0.1, 0.15) is 0 Å². The highest BCUT2D eigenvalue weighted by atomic mass is 14.7. The molecule has 0 aliphatic heterocycles. The Morgan fingerprint density at radius 1 is 0.636 bits per heavy atom. The van der Waals surface area contributed by atoms with Gasteiger partial charge >= 0.3 is 0 Å². The summed E-state index contributed by atoms with van der Waals surface area (Å²) in [4.78, 5) is 4.84. The molecule has 3 heteroatoms.